The lowest BCUT2D eigenvalue weighted by Crippen LogP contribution is -2.35. The number of amides is 1. The third-order valence-corrected chi connectivity index (χ3v) is 5.52. The van der Waals surface area contributed by atoms with Crippen molar-refractivity contribution in [3.8, 4) is 0 Å². The van der Waals surface area contributed by atoms with Crippen LogP contribution in [0.25, 0.3) is 0 Å². The van der Waals surface area contributed by atoms with Gasteiger partial charge >= 0.3 is 5.97 Å². The first-order chi connectivity index (χ1) is 14.2. The molecule has 4 rings (SSSR count). The highest BCUT2D eigenvalue weighted by Crippen LogP contribution is 2.28. The van der Waals surface area contributed by atoms with E-state index in [4.69, 9.17) is 4.74 Å². The highest BCUT2D eigenvalue weighted by molar-refractivity contribution is 7.15. The van der Waals surface area contributed by atoms with Crippen LogP contribution in [-0.4, -0.2) is 39.8 Å². The number of nitrogens with zero attached hydrogens (tertiary/aromatic N) is 3. The fourth-order valence-electron chi connectivity index (χ4n) is 3.06. The number of rotatable bonds is 6. The zero-order chi connectivity index (χ0) is 20.1. The van der Waals surface area contributed by atoms with E-state index in [0.29, 0.717) is 17.4 Å². The van der Waals surface area contributed by atoms with Gasteiger partial charge in [-0.05, 0) is 17.7 Å². The molecule has 0 radical (unpaired) electrons. The summed E-state index contributed by atoms with van der Waals surface area (Å²) in [5.41, 5.74) is 2.29. The van der Waals surface area contributed by atoms with Gasteiger partial charge in [-0.3, -0.25) is 24.8 Å². The predicted molar refractivity (Wildman–Crippen MR) is 110 cm³/mol. The van der Waals surface area contributed by atoms with Gasteiger partial charge in [0.1, 0.15) is 12.3 Å². The number of nitrogens with one attached hydrogen (secondary N) is 1. The van der Waals surface area contributed by atoms with E-state index in [-0.39, 0.29) is 25.0 Å². The minimum atomic E-state index is -0.280. The van der Waals surface area contributed by atoms with Gasteiger partial charge in [-0.25, -0.2) is 4.98 Å². The lowest BCUT2D eigenvalue weighted by Gasteiger charge is -2.24. The van der Waals surface area contributed by atoms with Crippen LogP contribution in [-0.2, 0) is 29.1 Å². The Kier molecular flexibility index (Phi) is 5.92. The third-order valence-electron chi connectivity index (χ3n) is 4.52. The molecule has 3 heterocycles. The van der Waals surface area contributed by atoms with Gasteiger partial charge in [-0.15, -0.1) is 11.3 Å². The summed E-state index contributed by atoms with van der Waals surface area (Å²) < 4.78 is 5.37. The maximum Gasteiger partial charge on any atom is 0.320 e. The largest absolute Gasteiger partial charge is 0.460 e. The van der Waals surface area contributed by atoms with Crippen molar-refractivity contribution >= 4 is 28.3 Å². The Hall–Kier alpha value is -3.10. The Labute approximate surface area is 172 Å². The maximum absolute atomic E-state index is 12.2. The van der Waals surface area contributed by atoms with Gasteiger partial charge in [0.15, 0.2) is 5.13 Å². The standard InChI is InChI=1S/C21H20N4O3S/c26-19(28-14-15-6-2-1-3-7-15)13-25-11-9-16-18(12-25)29-21(23-16)24-20(27)17-8-4-5-10-22-17/h1-8,10H,9,11-14H2,(H,23,24,27). The Bertz CT molecular complexity index is 992. The highest BCUT2D eigenvalue weighted by atomic mass is 32.1. The number of esters is 1. The van der Waals surface area contributed by atoms with Crippen LogP contribution in [0.5, 0.6) is 0 Å². The molecule has 8 heteroatoms. The van der Waals surface area contributed by atoms with E-state index >= 15 is 0 Å². The molecule has 1 amide bonds. The quantitative estimate of drug-likeness (QED) is 0.632. The maximum atomic E-state index is 12.2. The molecule has 0 aliphatic carbocycles. The van der Waals surface area contributed by atoms with Gasteiger partial charge in [0.25, 0.3) is 5.91 Å². The lowest BCUT2D eigenvalue weighted by atomic mass is 10.2. The first kappa shape index (κ1) is 19.2. The predicted octanol–water partition coefficient (Wildman–Crippen LogP) is 2.89. The number of pyridine rings is 1. The molecular weight excluding hydrogens is 388 g/mol. The number of carbonyl (C=O) groups is 2. The second-order valence-electron chi connectivity index (χ2n) is 6.66. The molecule has 29 heavy (non-hydrogen) atoms. The van der Waals surface area contributed by atoms with Crippen LogP contribution in [0.1, 0.15) is 26.6 Å². The van der Waals surface area contributed by atoms with Gasteiger partial charge in [0, 0.05) is 30.6 Å². The molecular formula is C21H20N4O3S. The number of carbonyl (C=O) groups excluding carboxylic acids is 2. The van der Waals surface area contributed by atoms with Crippen molar-refractivity contribution in [3.05, 3.63) is 76.6 Å². The van der Waals surface area contributed by atoms with Crippen LogP contribution in [0.15, 0.2) is 54.7 Å². The van der Waals surface area contributed by atoms with Gasteiger partial charge in [-0.2, -0.15) is 0 Å². The fourth-order valence-corrected chi connectivity index (χ4v) is 4.11. The zero-order valence-electron chi connectivity index (χ0n) is 15.7. The summed E-state index contributed by atoms with van der Waals surface area (Å²) in [7, 11) is 0. The molecule has 3 aromatic rings. The molecule has 0 spiro atoms. The van der Waals surface area contributed by atoms with Crippen molar-refractivity contribution in [2.24, 2.45) is 0 Å². The van der Waals surface area contributed by atoms with Crippen molar-refractivity contribution in [3.63, 3.8) is 0 Å². The zero-order valence-corrected chi connectivity index (χ0v) is 16.5. The molecule has 0 unspecified atom stereocenters. The SMILES string of the molecule is O=C(CN1CCc2nc(NC(=O)c3ccccn3)sc2C1)OCc1ccccc1. The van der Waals surface area contributed by atoms with E-state index in [9.17, 15) is 9.59 Å². The van der Waals surface area contributed by atoms with Gasteiger partial charge < -0.3 is 4.74 Å². The number of benzene rings is 1. The number of anilines is 1. The molecule has 148 valence electrons. The molecule has 0 fully saturated rings. The van der Waals surface area contributed by atoms with Crippen molar-refractivity contribution in [2.45, 2.75) is 19.6 Å². The van der Waals surface area contributed by atoms with Gasteiger partial charge in [0.2, 0.25) is 0 Å². The molecule has 2 aromatic heterocycles. The summed E-state index contributed by atoms with van der Waals surface area (Å²) in [5.74, 6) is -0.525. The summed E-state index contributed by atoms with van der Waals surface area (Å²) in [6, 6.07) is 14.8. The van der Waals surface area contributed by atoms with E-state index in [0.717, 1.165) is 29.1 Å². The van der Waals surface area contributed by atoms with Gasteiger partial charge in [-0.1, -0.05) is 36.4 Å². The van der Waals surface area contributed by atoms with Crippen LogP contribution in [0.4, 0.5) is 5.13 Å². The summed E-state index contributed by atoms with van der Waals surface area (Å²) >= 11 is 1.43. The monoisotopic (exact) mass is 408 g/mol. The van der Waals surface area contributed by atoms with E-state index in [1.807, 2.05) is 35.2 Å². The van der Waals surface area contributed by atoms with E-state index < -0.39 is 0 Å². The van der Waals surface area contributed by atoms with Crippen molar-refractivity contribution in [2.75, 3.05) is 18.4 Å². The van der Waals surface area contributed by atoms with Crippen molar-refractivity contribution in [1.29, 1.82) is 0 Å². The van der Waals surface area contributed by atoms with Crippen molar-refractivity contribution < 1.29 is 14.3 Å². The van der Waals surface area contributed by atoms with Crippen LogP contribution in [0.3, 0.4) is 0 Å². The number of aromatic nitrogens is 2. The molecule has 0 saturated heterocycles. The minimum absolute atomic E-state index is 0.236. The molecule has 1 N–H and O–H groups in total. The van der Waals surface area contributed by atoms with Crippen LogP contribution in [0.2, 0.25) is 0 Å². The Morgan fingerprint density at radius 1 is 1.14 bits per heavy atom. The summed E-state index contributed by atoms with van der Waals surface area (Å²) in [5, 5.41) is 3.36. The summed E-state index contributed by atoms with van der Waals surface area (Å²) in [4.78, 5) is 36.1. The molecule has 1 aliphatic heterocycles. The molecule has 1 aromatic carbocycles. The van der Waals surface area contributed by atoms with Crippen LogP contribution < -0.4 is 5.32 Å². The summed E-state index contributed by atoms with van der Waals surface area (Å²) in [6.45, 7) is 1.86. The first-order valence-electron chi connectivity index (χ1n) is 9.30. The van der Waals surface area contributed by atoms with E-state index in [1.54, 1.807) is 24.4 Å². The number of fused-ring (bicyclic) bond motifs is 1. The lowest BCUT2D eigenvalue weighted by molar-refractivity contribution is -0.146. The average molecular weight is 408 g/mol. The van der Waals surface area contributed by atoms with Crippen molar-refractivity contribution in [1.82, 2.24) is 14.9 Å². The minimum Gasteiger partial charge on any atom is -0.460 e. The molecule has 0 bridgehead atoms. The third kappa shape index (κ3) is 5.04. The molecule has 1 aliphatic rings. The number of thiazole rings is 1. The number of hydrogen-bond acceptors (Lipinski definition) is 7. The molecule has 0 atom stereocenters. The Morgan fingerprint density at radius 2 is 1.97 bits per heavy atom. The Balaban J connectivity index is 1.30. The normalized spacial score (nSPS) is 13.5. The first-order valence-corrected chi connectivity index (χ1v) is 10.1. The molecule has 7 nitrogen and oxygen atoms in total. The second-order valence-corrected chi connectivity index (χ2v) is 7.75. The van der Waals surface area contributed by atoms with Gasteiger partial charge in [0.05, 0.1) is 12.2 Å². The highest BCUT2D eigenvalue weighted by Gasteiger charge is 2.23. The average Bonchev–Trinajstić information content (AvgIpc) is 3.15. The fraction of sp³-hybridized carbons (Fsp3) is 0.238. The van der Waals surface area contributed by atoms with Crippen LogP contribution in [0, 0.1) is 0 Å². The van der Waals surface area contributed by atoms with Crippen LogP contribution >= 0.6 is 11.3 Å². The van der Waals surface area contributed by atoms with E-state index in [1.165, 1.54) is 11.3 Å². The Morgan fingerprint density at radius 3 is 2.76 bits per heavy atom. The van der Waals surface area contributed by atoms with E-state index in [2.05, 4.69) is 15.3 Å². The molecule has 0 saturated carbocycles. The smallest absolute Gasteiger partial charge is 0.320 e. The topological polar surface area (TPSA) is 84.4 Å². The number of hydrogen-bond donors (Lipinski definition) is 1. The summed E-state index contributed by atoms with van der Waals surface area (Å²) in [6.07, 6.45) is 2.31. The second kappa shape index (κ2) is 8.93. The number of ether oxygens (including phenoxy) is 1.